The minimum absolute atomic E-state index is 0.0314. The van der Waals surface area contributed by atoms with Crippen molar-refractivity contribution < 1.29 is 14.6 Å². The average molecular weight is 156 g/mol. The summed E-state index contributed by atoms with van der Waals surface area (Å²) in [5.41, 5.74) is 0. The second-order valence-corrected chi connectivity index (χ2v) is 2.77. The molecule has 3 nitrogen and oxygen atoms in total. The quantitative estimate of drug-likeness (QED) is 0.592. The third-order valence-corrected chi connectivity index (χ3v) is 1.81. The van der Waals surface area contributed by atoms with Crippen LogP contribution in [0.5, 0.6) is 0 Å². The van der Waals surface area contributed by atoms with Gasteiger partial charge in [-0.05, 0) is 0 Å². The molecule has 1 rings (SSSR count). The lowest BCUT2D eigenvalue weighted by molar-refractivity contribution is -0.147. The molecule has 0 saturated carbocycles. The zero-order valence-electron chi connectivity index (χ0n) is 6.49. The molecule has 0 saturated heterocycles. The van der Waals surface area contributed by atoms with Gasteiger partial charge in [-0.1, -0.05) is 13.0 Å². The predicted molar refractivity (Wildman–Crippen MR) is 39.9 cm³/mol. The van der Waals surface area contributed by atoms with Crippen molar-refractivity contribution in [1.29, 1.82) is 0 Å². The highest BCUT2D eigenvalue weighted by molar-refractivity contribution is 5.82. The van der Waals surface area contributed by atoms with Crippen LogP contribution < -0.4 is 0 Å². The highest BCUT2D eigenvalue weighted by atomic mass is 16.5. The summed E-state index contributed by atoms with van der Waals surface area (Å²) >= 11 is 0. The summed E-state index contributed by atoms with van der Waals surface area (Å²) in [6.45, 7) is 1.92. The molecule has 1 aliphatic rings. The number of cyclic esters (lactones) is 1. The van der Waals surface area contributed by atoms with Gasteiger partial charge in [0.25, 0.3) is 0 Å². The van der Waals surface area contributed by atoms with Crippen LogP contribution in [0.3, 0.4) is 0 Å². The van der Waals surface area contributed by atoms with E-state index in [1.807, 2.05) is 6.92 Å². The van der Waals surface area contributed by atoms with E-state index in [1.165, 1.54) is 6.08 Å². The second-order valence-electron chi connectivity index (χ2n) is 2.77. The summed E-state index contributed by atoms with van der Waals surface area (Å²) in [5.74, 6) is -0.273. The lowest BCUT2D eigenvalue weighted by atomic mass is 10.0. The van der Waals surface area contributed by atoms with E-state index in [4.69, 9.17) is 9.84 Å². The number of aliphatic hydroxyl groups excluding tert-OH is 1. The Morgan fingerprint density at radius 3 is 3.18 bits per heavy atom. The molecule has 0 amide bonds. The summed E-state index contributed by atoms with van der Waals surface area (Å²) < 4.78 is 4.95. The van der Waals surface area contributed by atoms with Crippen molar-refractivity contribution in [1.82, 2.24) is 0 Å². The Hall–Kier alpha value is -0.830. The van der Waals surface area contributed by atoms with Gasteiger partial charge >= 0.3 is 5.97 Å². The lowest BCUT2D eigenvalue weighted by Crippen LogP contribution is -2.28. The SMILES string of the molecule is C[C@@H](CO)C1CC=CC(=O)O1. The van der Waals surface area contributed by atoms with Crippen molar-refractivity contribution in [2.75, 3.05) is 6.61 Å². The third-order valence-electron chi connectivity index (χ3n) is 1.81. The van der Waals surface area contributed by atoms with E-state index in [0.717, 1.165) is 0 Å². The van der Waals surface area contributed by atoms with E-state index in [2.05, 4.69) is 0 Å². The standard InChI is InChI=1S/C8H12O3/c1-6(5-9)7-3-2-4-8(10)11-7/h2,4,6-7,9H,3,5H2,1H3/t6-,7?/m0/s1. The Morgan fingerprint density at radius 1 is 1.91 bits per heavy atom. The molecule has 1 N–H and O–H groups in total. The molecule has 0 aromatic rings. The van der Waals surface area contributed by atoms with Gasteiger partial charge in [-0.3, -0.25) is 0 Å². The van der Waals surface area contributed by atoms with Gasteiger partial charge in [0, 0.05) is 25.0 Å². The van der Waals surface area contributed by atoms with Crippen molar-refractivity contribution in [2.45, 2.75) is 19.4 Å². The van der Waals surface area contributed by atoms with Gasteiger partial charge in [0.1, 0.15) is 6.10 Å². The van der Waals surface area contributed by atoms with E-state index < -0.39 is 0 Å². The molecule has 1 aliphatic heterocycles. The minimum Gasteiger partial charge on any atom is -0.459 e. The number of rotatable bonds is 2. The molecule has 0 fully saturated rings. The smallest absolute Gasteiger partial charge is 0.330 e. The highest BCUT2D eigenvalue weighted by Crippen LogP contribution is 2.15. The van der Waals surface area contributed by atoms with Crippen LogP contribution in [0.1, 0.15) is 13.3 Å². The first kappa shape index (κ1) is 8.27. The maximum absolute atomic E-state index is 10.7. The van der Waals surface area contributed by atoms with Gasteiger partial charge in [-0.2, -0.15) is 0 Å². The third kappa shape index (κ3) is 2.05. The maximum atomic E-state index is 10.7. The van der Waals surface area contributed by atoms with Crippen molar-refractivity contribution in [3.8, 4) is 0 Å². The Bertz CT molecular complexity index is 174. The van der Waals surface area contributed by atoms with Crippen LogP contribution >= 0.6 is 0 Å². The van der Waals surface area contributed by atoms with Crippen LogP contribution in [0.25, 0.3) is 0 Å². The zero-order valence-corrected chi connectivity index (χ0v) is 6.49. The molecule has 0 radical (unpaired) electrons. The molecule has 3 heteroatoms. The Balaban J connectivity index is 2.49. The van der Waals surface area contributed by atoms with Gasteiger partial charge in [-0.25, -0.2) is 4.79 Å². The van der Waals surface area contributed by atoms with E-state index >= 15 is 0 Å². The van der Waals surface area contributed by atoms with Crippen LogP contribution in [-0.4, -0.2) is 23.8 Å². The van der Waals surface area contributed by atoms with Crippen LogP contribution in [0.15, 0.2) is 12.2 Å². The number of ether oxygens (including phenoxy) is 1. The molecule has 11 heavy (non-hydrogen) atoms. The Kier molecular flexibility index (Phi) is 2.65. The largest absolute Gasteiger partial charge is 0.459 e. The number of hydrogen-bond acceptors (Lipinski definition) is 3. The lowest BCUT2D eigenvalue weighted by Gasteiger charge is -2.23. The van der Waals surface area contributed by atoms with Crippen molar-refractivity contribution in [2.24, 2.45) is 5.92 Å². The fourth-order valence-electron chi connectivity index (χ4n) is 1.00. The molecule has 0 aromatic heterocycles. The Labute approximate surface area is 65.7 Å². The van der Waals surface area contributed by atoms with Crippen LogP contribution in [0.2, 0.25) is 0 Å². The normalized spacial score (nSPS) is 26.4. The number of carbonyl (C=O) groups is 1. The molecule has 0 spiro atoms. The summed E-state index contributed by atoms with van der Waals surface area (Å²) in [6, 6.07) is 0. The zero-order chi connectivity index (χ0) is 8.27. The highest BCUT2D eigenvalue weighted by Gasteiger charge is 2.21. The van der Waals surface area contributed by atoms with Gasteiger partial charge < -0.3 is 9.84 Å². The molecular formula is C8H12O3. The van der Waals surface area contributed by atoms with Crippen molar-refractivity contribution in [3.05, 3.63) is 12.2 Å². The average Bonchev–Trinajstić information content (AvgIpc) is 2.03. The summed E-state index contributed by atoms with van der Waals surface area (Å²) in [7, 11) is 0. The molecule has 1 unspecified atom stereocenters. The number of aliphatic hydroxyl groups is 1. The number of carbonyl (C=O) groups excluding carboxylic acids is 1. The molecule has 0 aromatic carbocycles. The number of hydrogen-bond donors (Lipinski definition) is 1. The molecule has 62 valence electrons. The summed E-state index contributed by atoms with van der Waals surface area (Å²) in [5, 5.41) is 8.76. The predicted octanol–water partition coefficient (Wildman–Crippen LogP) is 0.486. The van der Waals surface area contributed by atoms with E-state index in [-0.39, 0.29) is 24.6 Å². The van der Waals surface area contributed by atoms with Crippen LogP contribution in [0.4, 0.5) is 0 Å². The molecule has 0 aliphatic carbocycles. The number of esters is 1. The molecule has 0 bridgehead atoms. The van der Waals surface area contributed by atoms with E-state index in [1.54, 1.807) is 6.08 Å². The molecular weight excluding hydrogens is 144 g/mol. The van der Waals surface area contributed by atoms with Gasteiger partial charge in [0.05, 0.1) is 0 Å². The van der Waals surface area contributed by atoms with Gasteiger partial charge in [-0.15, -0.1) is 0 Å². The van der Waals surface area contributed by atoms with E-state index in [0.29, 0.717) is 6.42 Å². The fraction of sp³-hybridized carbons (Fsp3) is 0.625. The first-order chi connectivity index (χ1) is 5.24. The first-order valence-electron chi connectivity index (χ1n) is 3.72. The van der Waals surface area contributed by atoms with Gasteiger partial charge in [0.2, 0.25) is 0 Å². The van der Waals surface area contributed by atoms with E-state index in [9.17, 15) is 4.79 Å². The summed E-state index contributed by atoms with van der Waals surface area (Å²) in [6.07, 6.45) is 3.77. The minimum atomic E-state index is -0.304. The molecule has 1 heterocycles. The molecule has 2 atom stereocenters. The van der Waals surface area contributed by atoms with Crippen LogP contribution in [-0.2, 0) is 9.53 Å². The topological polar surface area (TPSA) is 46.5 Å². The Morgan fingerprint density at radius 2 is 2.64 bits per heavy atom. The monoisotopic (exact) mass is 156 g/mol. The van der Waals surface area contributed by atoms with Gasteiger partial charge in [0.15, 0.2) is 0 Å². The van der Waals surface area contributed by atoms with Crippen molar-refractivity contribution >= 4 is 5.97 Å². The first-order valence-corrected chi connectivity index (χ1v) is 3.72. The maximum Gasteiger partial charge on any atom is 0.330 e. The van der Waals surface area contributed by atoms with Crippen LogP contribution in [0, 0.1) is 5.92 Å². The second kappa shape index (κ2) is 3.53. The fourth-order valence-corrected chi connectivity index (χ4v) is 1.00. The summed E-state index contributed by atoms with van der Waals surface area (Å²) in [4.78, 5) is 10.7. The van der Waals surface area contributed by atoms with Crippen molar-refractivity contribution in [3.63, 3.8) is 0 Å².